The van der Waals surface area contributed by atoms with E-state index in [1.807, 2.05) is 18.2 Å². The molecule has 0 aliphatic carbocycles. The third-order valence-electron chi connectivity index (χ3n) is 6.94. The van der Waals surface area contributed by atoms with Crippen molar-refractivity contribution in [3.8, 4) is 16.9 Å². The number of nitrogens with zero attached hydrogens (tertiary/aromatic N) is 1. The van der Waals surface area contributed by atoms with Gasteiger partial charge in [0.25, 0.3) is 5.56 Å². The highest BCUT2D eigenvalue weighted by Crippen LogP contribution is 2.37. The molecule has 1 saturated heterocycles. The number of anilines is 1. The number of hydrogen-bond donors (Lipinski definition) is 2. The van der Waals surface area contributed by atoms with Crippen LogP contribution in [0.1, 0.15) is 35.3 Å². The minimum atomic E-state index is -0.921. The van der Waals surface area contributed by atoms with Crippen LogP contribution in [0.25, 0.3) is 11.1 Å². The monoisotopic (exact) mass is 551 g/mol. The van der Waals surface area contributed by atoms with Gasteiger partial charge in [-0.15, -0.1) is 0 Å². The van der Waals surface area contributed by atoms with E-state index in [-0.39, 0.29) is 24.0 Å². The number of fused-ring (bicyclic) bond motifs is 3. The van der Waals surface area contributed by atoms with Crippen molar-refractivity contribution in [1.82, 2.24) is 4.57 Å². The van der Waals surface area contributed by atoms with Gasteiger partial charge >= 0.3 is 0 Å². The molecular formula is C29H30ClN3O6. The topological polar surface area (TPSA) is 122 Å². The van der Waals surface area contributed by atoms with E-state index in [1.165, 1.54) is 22.8 Å². The van der Waals surface area contributed by atoms with Gasteiger partial charge in [-0.25, -0.2) is 0 Å². The SMILES string of the molecule is C[C@H]1COc2cn(C(C[C@@H]3COCCO3)C(=O)Nc3ccc(C(N)=O)cc3)c(=O)cc2-c2cc(Cl)ccc2C1. The summed E-state index contributed by atoms with van der Waals surface area (Å²) < 4.78 is 18.9. The molecule has 2 amide bonds. The van der Waals surface area contributed by atoms with E-state index in [0.29, 0.717) is 54.0 Å². The highest BCUT2D eigenvalue weighted by Gasteiger charge is 2.30. The first-order valence-electron chi connectivity index (χ1n) is 12.9. The number of rotatable bonds is 6. The van der Waals surface area contributed by atoms with E-state index in [0.717, 1.165) is 17.5 Å². The lowest BCUT2D eigenvalue weighted by Gasteiger charge is -2.29. The molecule has 0 bridgehead atoms. The van der Waals surface area contributed by atoms with E-state index in [2.05, 4.69) is 12.2 Å². The fourth-order valence-electron chi connectivity index (χ4n) is 4.95. The highest BCUT2D eigenvalue weighted by atomic mass is 35.5. The summed E-state index contributed by atoms with van der Waals surface area (Å²) in [4.78, 5) is 38.6. The molecule has 1 aromatic heterocycles. The highest BCUT2D eigenvalue weighted by molar-refractivity contribution is 6.30. The van der Waals surface area contributed by atoms with Crippen molar-refractivity contribution < 1.29 is 23.8 Å². The third-order valence-corrected chi connectivity index (χ3v) is 7.18. The van der Waals surface area contributed by atoms with Crippen LogP contribution in [0.5, 0.6) is 5.75 Å². The van der Waals surface area contributed by atoms with Crippen LogP contribution in [0, 0.1) is 5.92 Å². The molecule has 3 N–H and O–H groups in total. The summed E-state index contributed by atoms with van der Waals surface area (Å²) in [6.45, 7) is 3.75. The van der Waals surface area contributed by atoms with Crippen molar-refractivity contribution in [3.05, 3.63) is 81.2 Å². The van der Waals surface area contributed by atoms with Crippen LogP contribution in [-0.2, 0) is 20.7 Å². The molecule has 2 aliphatic rings. The summed E-state index contributed by atoms with van der Waals surface area (Å²) in [6, 6.07) is 12.5. The largest absolute Gasteiger partial charge is 0.491 e. The lowest BCUT2D eigenvalue weighted by molar-refractivity contribution is -0.124. The number of pyridine rings is 1. The Bertz CT molecular complexity index is 1430. The first-order chi connectivity index (χ1) is 18.8. The van der Waals surface area contributed by atoms with Crippen molar-refractivity contribution in [1.29, 1.82) is 0 Å². The molecule has 10 heteroatoms. The van der Waals surface area contributed by atoms with E-state index in [1.54, 1.807) is 18.3 Å². The number of halogens is 1. The molecule has 3 aromatic rings. The molecule has 0 radical (unpaired) electrons. The Kier molecular flexibility index (Phi) is 8.02. The van der Waals surface area contributed by atoms with E-state index in [9.17, 15) is 14.4 Å². The molecule has 2 aliphatic heterocycles. The molecule has 3 atom stereocenters. The van der Waals surface area contributed by atoms with Gasteiger partial charge in [0, 0.05) is 34.3 Å². The summed E-state index contributed by atoms with van der Waals surface area (Å²) in [6.07, 6.45) is 2.22. The number of carbonyl (C=O) groups excluding carboxylic acids is 2. The van der Waals surface area contributed by atoms with Crippen LogP contribution in [0.4, 0.5) is 5.69 Å². The maximum atomic E-state index is 13.6. The Labute approximate surface area is 230 Å². The van der Waals surface area contributed by atoms with E-state index < -0.39 is 17.9 Å². The second kappa shape index (κ2) is 11.6. The molecule has 0 saturated carbocycles. The Hall–Kier alpha value is -3.66. The number of nitrogens with two attached hydrogens (primary N) is 1. The molecule has 5 rings (SSSR count). The first kappa shape index (κ1) is 26.9. The summed E-state index contributed by atoms with van der Waals surface area (Å²) in [5, 5.41) is 3.41. The zero-order valence-corrected chi connectivity index (χ0v) is 22.3. The zero-order chi connectivity index (χ0) is 27.5. The predicted octanol–water partition coefficient (Wildman–Crippen LogP) is 3.82. The van der Waals surface area contributed by atoms with E-state index in [4.69, 9.17) is 31.5 Å². The molecule has 1 unspecified atom stereocenters. The van der Waals surface area contributed by atoms with Crippen molar-refractivity contribution in [2.24, 2.45) is 11.7 Å². The second-order valence-electron chi connectivity index (χ2n) is 9.97. The van der Waals surface area contributed by atoms with Crippen LogP contribution in [-0.4, -0.2) is 48.9 Å². The number of amides is 2. The zero-order valence-electron chi connectivity index (χ0n) is 21.5. The number of primary amides is 1. The van der Waals surface area contributed by atoms with Crippen LogP contribution in [0.15, 0.2) is 59.5 Å². The third kappa shape index (κ3) is 6.16. The molecule has 2 aromatic carbocycles. The van der Waals surface area contributed by atoms with Gasteiger partial charge in [0.15, 0.2) is 0 Å². The Balaban J connectivity index is 1.53. The standard InChI is InChI=1S/C29H30ClN3O6/c1-17-10-19-2-5-20(30)11-23(19)24-13-27(34)33(14-26(24)39-15-17)25(12-22-16-37-8-9-38-22)29(36)32-21-6-3-18(4-7-21)28(31)35/h2-7,11,13-14,17,22,25H,8-10,12,15-16H2,1H3,(H2,31,35)(H,32,36)/t17-,22-,25?/m1/s1. The van der Waals surface area contributed by atoms with Gasteiger partial charge in [-0.2, -0.15) is 0 Å². The maximum Gasteiger partial charge on any atom is 0.252 e. The summed E-state index contributed by atoms with van der Waals surface area (Å²) in [5.74, 6) is -0.256. The Morgan fingerprint density at radius 1 is 1.10 bits per heavy atom. The lowest BCUT2D eigenvalue weighted by atomic mass is 9.92. The van der Waals surface area contributed by atoms with Gasteiger partial charge < -0.3 is 25.3 Å². The van der Waals surface area contributed by atoms with Crippen molar-refractivity contribution >= 4 is 29.1 Å². The van der Waals surface area contributed by atoms with Crippen molar-refractivity contribution in [2.75, 3.05) is 31.7 Å². The summed E-state index contributed by atoms with van der Waals surface area (Å²) in [5.41, 5.74) is 8.30. The second-order valence-corrected chi connectivity index (χ2v) is 10.4. The average molecular weight is 552 g/mol. The Morgan fingerprint density at radius 3 is 2.62 bits per heavy atom. The Morgan fingerprint density at radius 2 is 1.90 bits per heavy atom. The van der Waals surface area contributed by atoms with Crippen LogP contribution < -0.4 is 21.3 Å². The number of aromatic nitrogens is 1. The van der Waals surface area contributed by atoms with Crippen molar-refractivity contribution in [3.63, 3.8) is 0 Å². The number of carbonyl (C=O) groups is 2. The van der Waals surface area contributed by atoms with Gasteiger partial charge in [0.2, 0.25) is 11.8 Å². The van der Waals surface area contributed by atoms with Gasteiger partial charge in [-0.1, -0.05) is 24.6 Å². The molecule has 0 spiro atoms. The lowest BCUT2D eigenvalue weighted by Crippen LogP contribution is -2.38. The normalized spacial score (nSPS) is 19.4. The first-order valence-corrected chi connectivity index (χ1v) is 13.2. The van der Waals surface area contributed by atoms with Gasteiger partial charge in [-0.05, 0) is 59.9 Å². The minimum absolute atomic E-state index is 0.211. The van der Waals surface area contributed by atoms with Crippen LogP contribution in [0.3, 0.4) is 0 Å². The van der Waals surface area contributed by atoms with Crippen molar-refractivity contribution in [2.45, 2.75) is 31.9 Å². The number of ether oxygens (including phenoxy) is 3. The summed E-state index contributed by atoms with van der Waals surface area (Å²) in [7, 11) is 0. The molecular weight excluding hydrogens is 522 g/mol. The predicted molar refractivity (Wildman–Crippen MR) is 147 cm³/mol. The average Bonchev–Trinajstić information content (AvgIpc) is 2.92. The molecule has 204 valence electrons. The molecule has 3 heterocycles. The molecule has 9 nitrogen and oxygen atoms in total. The van der Waals surface area contributed by atoms with Gasteiger partial charge in [0.1, 0.15) is 11.8 Å². The molecule has 1 fully saturated rings. The number of benzene rings is 2. The smallest absolute Gasteiger partial charge is 0.252 e. The molecule has 39 heavy (non-hydrogen) atoms. The van der Waals surface area contributed by atoms with Gasteiger partial charge in [-0.3, -0.25) is 19.0 Å². The van der Waals surface area contributed by atoms with Gasteiger partial charge in [0.05, 0.1) is 38.7 Å². The quantitative estimate of drug-likeness (QED) is 0.480. The minimum Gasteiger partial charge on any atom is -0.491 e. The fourth-order valence-corrected chi connectivity index (χ4v) is 5.13. The van der Waals surface area contributed by atoms with Crippen LogP contribution in [0.2, 0.25) is 5.02 Å². The fraction of sp³-hybridized carbons (Fsp3) is 0.345. The number of hydrogen-bond acceptors (Lipinski definition) is 6. The van der Waals surface area contributed by atoms with E-state index >= 15 is 0 Å². The number of nitrogens with one attached hydrogen (secondary N) is 1. The maximum absolute atomic E-state index is 13.6. The van der Waals surface area contributed by atoms with Crippen LogP contribution >= 0.6 is 11.6 Å². The summed E-state index contributed by atoms with van der Waals surface area (Å²) >= 11 is 6.32.